The summed E-state index contributed by atoms with van der Waals surface area (Å²) in [6.07, 6.45) is 0. The van der Waals surface area contributed by atoms with Crippen molar-refractivity contribution in [3.8, 4) is 5.75 Å². The molecule has 0 heterocycles. The van der Waals surface area contributed by atoms with Gasteiger partial charge in [0.05, 0.1) is 6.61 Å². The molecule has 0 bridgehead atoms. The Bertz CT molecular complexity index is 281. The monoisotopic (exact) mass is 181 g/mol. The van der Waals surface area contributed by atoms with Gasteiger partial charge in [0.1, 0.15) is 5.75 Å². The third kappa shape index (κ3) is 2.45. The molecule has 0 saturated heterocycles. The maximum Gasteiger partial charge on any atom is 0.274 e. The Morgan fingerprint density at radius 2 is 2.08 bits per heavy atom. The number of nitrogens with one attached hydrogen (secondary N) is 1. The Kier molecular flexibility index (Phi) is 3.28. The number of rotatable bonds is 3. The summed E-state index contributed by atoms with van der Waals surface area (Å²) in [6.45, 7) is 2.47. The molecule has 70 valence electrons. The van der Waals surface area contributed by atoms with Crippen LogP contribution >= 0.6 is 0 Å². The van der Waals surface area contributed by atoms with Crippen molar-refractivity contribution in [3.63, 3.8) is 0 Å². The van der Waals surface area contributed by atoms with Crippen molar-refractivity contribution >= 4 is 5.91 Å². The largest absolute Gasteiger partial charge is 0.494 e. The molecule has 2 N–H and O–H groups in total. The number of hydrogen-bond donors (Lipinski definition) is 2. The highest BCUT2D eigenvalue weighted by Gasteiger charge is 2.02. The van der Waals surface area contributed by atoms with Gasteiger partial charge in [-0.25, -0.2) is 5.48 Å². The number of amides is 1. The number of ether oxygens (including phenoxy) is 1. The van der Waals surface area contributed by atoms with Gasteiger partial charge in [-0.05, 0) is 31.2 Å². The van der Waals surface area contributed by atoms with Crippen LogP contribution in [0.25, 0.3) is 0 Å². The van der Waals surface area contributed by atoms with Crippen LogP contribution < -0.4 is 10.2 Å². The highest BCUT2D eigenvalue weighted by Crippen LogP contribution is 2.11. The molecule has 0 saturated carbocycles. The Hall–Kier alpha value is -1.55. The fraction of sp³-hybridized carbons (Fsp3) is 0.222. The van der Waals surface area contributed by atoms with E-state index in [0.717, 1.165) is 0 Å². The van der Waals surface area contributed by atoms with E-state index in [1.807, 2.05) is 6.92 Å². The van der Waals surface area contributed by atoms with Crippen molar-refractivity contribution in [2.75, 3.05) is 6.61 Å². The average molecular weight is 181 g/mol. The molecule has 1 amide bonds. The van der Waals surface area contributed by atoms with E-state index < -0.39 is 5.91 Å². The summed E-state index contributed by atoms with van der Waals surface area (Å²) in [5.41, 5.74) is 1.95. The van der Waals surface area contributed by atoms with Gasteiger partial charge in [0.2, 0.25) is 0 Å². The minimum Gasteiger partial charge on any atom is -0.494 e. The molecule has 4 heteroatoms. The Labute approximate surface area is 76.1 Å². The zero-order valence-corrected chi connectivity index (χ0v) is 7.28. The molecule has 0 aliphatic heterocycles. The predicted octanol–water partition coefficient (Wildman–Crippen LogP) is 1.20. The molecular formula is C9H11NO3. The van der Waals surface area contributed by atoms with E-state index in [4.69, 9.17) is 9.94 Å². The van der Waals surface area contributed by atoms with Crippen LogP contribution in [0, 0.1) is 0 Å². The average Bonchev–Trinajstić information content (AvgIpc) is 2.18. The van der Waals surface area contributed by atoms with Crippen molar-refractivity contribution in [2.24, 2.45) is 0 Å². The minimum absolute atomic E-state index is 0.394. The van der Waals surface area contributed by atoms with Crippen molar-refractivity contribution in [2.45, 2.75) is 6.92 Å². The van der Waals surface area contributed by atoms with Crippen LogP contribution in [0.15, 0.2) is 24.3 Å². The van der Waals surface area contributed by atoms with E-state index in [0.29, 0.717) is 17.9 Å². The van der Waals surface area contributed by atoms with Crippen molar-refractivity contribution < 1.29 is 14.7 Å². The molecule has 1 aromatic rings. The first-order chi connectivity index (χ1) is 6.27. The molecule has 0 radical (unpaired) electrons. The molecule has 0 aliphatic carbocycles. The quantitative estimate of drug-likeness (QED) is 0.544. The molecule has 1 aromatic carbocycles. The lowest BCUT2D eigenvalue weighted by Gasteiger charge is -2.03. The van der Waals surface area contributed by atoms with Gasteiger partial charge in [0.25, 0.3) is 5.91 Å². The molecule has 0 fully saturated rings. The van der Waals surface area contributed by atoms with Gasteiger partial charge in [-0.2, -0.15) is 0 Å². The van der Waals surface area contributed by atoms with Crippen LogP contribution in [0.1, 0.15) is 17.3 Å². The molecule has 0 aliphatic rings. The second-order valence-electron chi connectivity index (χ2n) is 2.40. The molecule has 0 unspecified atom stereocenters. The van der Waals surface area contributed by atoms with Gasteiger partial charge >= 0.3 is 0 Å². The smallest absolute Gasteiger partial charge is 0.274 e. The SMILES string of the molecule is CCOc1ccc(C(=O)NO)cc1. The first kappa shape index (κ1) is 9.54. The van der Waals surface area contributed by atoms with Gasteiger partial charge in [-0.3, -0.25) is 10.0 Å². The fourth-order valence-corrected chi connectivity index (χ4v) is 0.934. The summed E-state index contributed by atoms with van der Waals surface area (Å²) in [7, 11) is 0. The van der Waals surface area contributed by atoms with Crippen LogP contribution in [-0.2, 0) is 0 Å². The first-order valence-electron chi connectivity index (χ1n) is 3.95. The number of carbonyl (C=O) groups excluding carboxylic acids is 1. The zero-order chi connectivity index (χ0) is 9.68. The van der Waals surface area contributed by atoms with Crippen molar-refractivity contribution in [1.29, 1.82) is 0 Å². The van der Waals surface area contributed by atoms with E-state index in [1.54, 1.807) is 29.7 Å². The summed E-state index contributed by atoms with van der Waals surface area (Å²) < 4.78 is 5.18. The topological polar surface area (TPSA) is 58.6 Å². The first-order valence-corrected chi connectivity index (χ1v) is 3.95. The number of carbonyl (C=O) groups is 1. The third-order valence-electron chi connectivity index (χ3n) is 1.53. The summed E-state index contributed by atoms with van der Waals surface area (Å²) in [6, 6.07) is 6.51. The molecule has 4 nitrogen and oxygen atoms in total. The van der Waals surface area contributed by atoms with Gasteiger partial charge < -0.3 is 4.74 Å². The highest BCUT2D eigenvalue weighted by molar-refractivity contribution is 5.93. The van der Waals surface area contributed by atoms with E-state index in [-0.39, 0.29) is 0 Å². The molecule has 13 heavy (non-hydrogen) atoms. The van der Waals surface area contributed by atoms with E-state index in [1.165, 1.54) is 0 Å². The summed E-state index contributed by atoms with van der Waals surface area (Å²) in [4.78, 5) is 10.9. The van der Waals surface area contributed by atoms with E-state index >= 15 is 0 Å². The number of benzene rings is 1. The molecule has 0 spiro atoms. The maximum atomic E-state index is 10.9. The normalized spacial score (nSPS) is 9.38. The van der Waals surface area contributed by atoms with Gasteiger partial charge in [0.15, 0.2) is 0 Å². The van der Waals surface area contributed by atoms with Crippen LogP contribution in [0.5, 0.6) is 5.75 Å². The van der Waals surface area contributed by atoms with E-state index in [9.17, 15) is 4.79 Å². The Morgan fingerprint density at radius 3 is 2.54 bits per heavy atom. The van der Waals surface area contributed by atoms with Crippen LogP contribution in [0.2, 0.25) is 0 Å². The van der Waals surface area contributed by atoms with Crippen LogP contribution in [0.3, 0.4) is 0 Å². The Morgan fingerprint density at radius 1 is 1.46 bits per heavy atom. The summed E-state index contributed by atoms with van der Waals surface area (Å²) >= 11 is 0. The standard InChI is InChI=1S/C9H11NO3/c1-2-13-8-5-3-7(4-6-8)9(11)10-12/h3-6,12H,2H2,1H3,(H,10,11). The third-order valence-corrected chi connectivity index (χ3v) is 1.53. The maximum absolute atomic E-state index is 10.9. The van der Waals surface area contributed by atoms with E-state index in [2.05, 4.69) is 0 Å². The predicted molar refractivity (Wildman–Crippen MR) is 46.9 cm³/mol. The number of hydroxylamine groups is 1. The lowest BCUT2D eigenvalue weighted by molar-refractivity contribution is 0.0706. The van der Waals surface area contributed by atoms with Crippen LogP contribution in [0.4, 0.5) is 0 Å². The van der Waals surface area contributed by atoms with Crippen LogP contribution in [-0.4, -0.2) is 17.7 Å². The lowest BCUT2D eigenvalue weighted by atomic mass is 10.2. The molecule has 0 aromatic heterocycles. The van der Waals surface area contributed by atoms with Gasteiger partial charge in [-0.1, -0.05) is 0 Å². The second kappa shape index (κ2) is 4.47. The lowest BCUT2D eigenvalue weighted by Crippen LogP contribution is -2.18. The van der Waals surface area contributed by atoms with Crippen molar-refractivity contribution in [3.05, 3.63) is 29.8 Å². The van der Waals surface area contributed by atoms with Gasteiger partial charge in [-0.15, -0.1) is 0 Å². The Balaban J connectivity index is 2.75. The zero-order valence-electron chi connectivity index (χ0n) is 7.28. The number of hydrogen-bond acceptors (Lipinski definition) is 3. The highest BCUT2D eigenvalue weighted by atomic mass is 16.5. The molecule has 0 atom stereocenters. The summed E-state index contributed by atoms with van der Waals surface area (Å²) in [5.74, 6) is 0.181. The molecular weight excluding hydrogens is 170 g/mol. The van der Waals surface area contributed by atoms with Gasteiger partial charge in [0, 0.05) is 5.56 Å². The van der Waals surface area contributed by atoms with Crippen molar-refractivity contribution in [1.82, 2.24) is 5.48 Å². The second-order valence-corrected chi connectivity index (χ2v) is 2.40. The summed E-state index contributed by atoms with van der Waals surface area (Å²) in [5, 5.41) is 8.33. The molecule has 1 rings (SSSR count). The fourth-order valence-electron chi connectivity index (χ4n) is 0.934. The minimum atomic E-state index is -0.525.